The number of carbonyl (C=O) groups excluding carboxylic acids is 1. The second-order valence-electron chi connectivity index (χ2n) is 8.43. The van der Waals surface area contributed by atoms with Crippen molar-refractivity contribution < 1.29 is 26.4 Å². The van der Waals surface area contributed by atoms with E-state index < -0.39 is 32.0 Å². The van der Waals surface area contributed by atoms with Crippen LogP contribution in [0.15, 0.2) is 95.2 Å². The number of sulfonamides is 2. The lowest BCUT2D eigenvalue weighted by atomic mass is 10.1. The summed E-state index contributed by atoms with van der Waals surface area (Å²) in [6.45, 7) is 7.49. The zero-order chi connectivity index (χ0) is 26.1. The van der Waals surface area contributed by atoms with Gasteiger partial charge in [0.2, 0.25) is 0 Å². The van der Waals surface area contributed by atoms with Gasteiger partial charge >= 0.3 is 0 Å². The van der Waals surface area contributed by atoms with Crippen molar-refractivity contribution in [1.82, 2.24) is 8.83 Å². The predicted molar refractivity (Wildman–Crippen MR) is 135 cm³/mol. The van der Waals surface area contributed by atoms with Crippen molar-refractivity contribution in [1.29, 1.82) is 0 Å². The van der Waals surface area contributed by atoms with E-state index in [0.717, 1.165) is 11.1 Å². The molecule has 1 heterocycles. The van der Waals surface area contributed by atoms with Gasteiger partial charge in [-0.05, 0) is 55.8 Å². The molecule has 0 aliphatic carbocycles. The molecule has 1 atom stereocenters. The number of hydrogen-bond donors (Lipinski definition) is 0. The lowest BCUT2D eigenvalue weighted by Gasteiger charge is -2.30. The van der Waals surface area contributed by atoms with Gasteiger partial charge in [-0.15, -0.1) is 4.41 Å². The molecule has 3 aromatic carbocycles. The summed E-state index contributed by atoms with van der Waals surface area (Å²) in [6, 6.07) is 17.4. The molecular weight excluding hydrogens is 500 g/mol. The molecule has 0 bridgehead atoms. The molecule has 188 valence electrons. The van der Waals surface area contributed by atoms with Gasteiger partial charge in [0.1, 0.15) is 12.4 Å². The SMILES string of the molecule is C=CCOc1ccc(C2CC(=O)N(S(=O)(=O)c3ccc(C)cc3)N2S(=O)(=O)c2ccc(C)cc2)cc1. The van der Waals surface area contributed by atoms with E-state index in [-0.39, 0.29) is 22.8 Å². The van der Waals surface area contributed by atoms with Crippen molar-refractivity contribution in [2.24, 2.45) is 0 Å². The average molecular weight is 527 g/mol. The van der Waals surface area contributed by atoms with Crippen molar-refractivity contribution in [3.63, 3.8) is 0 Å². The molecule has 0 saturated carbocycles. The Morgan fingerprint density at radius 2 is 1.33 bits per heavy atom. The van der Waals surface area contributed by atoms with Crippen molar-refractivity contribution in [2.45, 2.75) is 36.1 Å². The molecule has 0 N–H and O–H groups in total. The molecule has 1 saturated heterocycles. The summed E-state index contributed by atoms with van der Waals surface area (Å²) in [6.07, 6.45) is 1.25. The van der Waals surface area contributed by atoms with Crippen LogP contribution in [0.1, 0.15) is 29.2 Å². The van der Waals surface area contributed by atoms with Crippen LogP contribution in [0.25, 0.3) is 0 Å². The highest BCUT2D eigenvalue weighted by Gasteiger charge is 2.52. The van der Waals surface area contributed by atoms with Crippen LogP contribution in [0.5, 0.6) is 5.75 Å². The fourth-order valence-corrected chi connectivity index (χ4v) is 7.27. The van der Waals surface area contributed by atoms with Gasteiger partial charge < -0.3 is 4.74 Å². The number of aryl methyl sites for hydroxylation is 2. The van der Waals surface area contributed by atoms with Crippen LogP contribution in [0.3, 0.4) is 0 Å². The fraction of sp³-hybridized carbons (Fsp3) is 0.192. The second-order valence-corrected chi connectivity index (χ2v) is 12.0. The number of ether oxygens (including phenoxy) is 1. The van der Waals surface area contributed by atoms with Crippen molar-refractivity contribution in [3.8, 4) is 5.75 Å². The molecular formula is C26H26N2O6S2. The van der Waals surface area contributed by atoms with E-state index in [0.29, 0.717) is 20.1 Å². The number of carbonyl (C=O) groups is 1. The standard InChI is InChI=1S/C26H26N2O6S2/c1-4-17-34-22-11-9-21(10-12-22)25-18-26(29)28(36(32,33)24-15-7-20(3)8-16-24)27(25)35(30,31)23-13-5-19(2)6-14-23/h4-16,25H,1,17-18H2,2-3H3. The molecule has 0 radical (unpaired) electrons. The highest BCUT2D eigenvalue weighted by molar-refractivity contribution is 7.92. The van der Waals surface area contributed by atoms with Gasteiger partial charge in [0.15, 0.2) is 0 Å². The first-order chi connectivity index (χ1) is 17.1. The highest BCUT2D eigenvalue weighted by Crippen LogP contribution is 2.41. The molecule has 3 aromatic rings. The number of amides is 1. The van der Waals surface area contributed by atoms with E-state index >= 15 is 0 Å². The Morgan fingerprint density at radius 3 is 1.83 bits per heavy atom. The van der Waals surface area contributed by atoms with Gasteiger partial charge in [-0.25, -0.2) is 8.42 Å². The van der Waals surface area contributed by atoms with Gasteiger partial charge in [0, 0.05) is 0 Å². The summed E-state index contributed by atoms with van der Waals surface area (Å²) in [5.41, 5.74) is 2.11. The topological polar surface area (TPSA) is 101 Å². The van der Waals surface area contributed by atoms with E-state index in [4.69, 9.17) is 4.74 Å². The Morgan fingerprint density at radius 1 is 0.833 bits per heavy atom. The quantitative estimate of drug-likeness (QED) is 0.409. The molecule has 1 fully saturated rings. The summed E-state index contributed by atoms with van der Waals surface area (Å²) in [4.78, 5) is 12.9. The van der Waals surface area contributed by atoms with Gasteiger partial charge in [0.25, 0.3) is 26.0 Å². The predicted octanol–water partition coefficient (Wildman–Crippen LogP) is 4.14. The third-order valence-corrected chi connectivity index (χ3v) is 9.36. The van der Waals surface area contributed by atoms with Crippen LogP contribution >= 0.6 is 0 Å². The Balaban J connectivity index is 1.84. The molecule has 1 aliphatic heterocycles. The second kappa shape index (κ2) is 9.88. The molecule has 1 unspecified atom stereocenters. The Labute approximate surface area is 211 Å². The van der Waals surface area contributed by atoms with Crippen LogP contribution in [0, 0.1) is 13.8 Å². The van der Waals surface area contributed by atoms with Crippen LogP contribution in [-0.2, 0) is 24.8 Å². The molecule has 36 heavy (non-hydrogen) atoms. The van der Waals surface area contributed by atoms with E-state index in [1.807, 2.05) is 6.92 Å². The molecule has 1 aliphatic rings. The summed E-state index contributed by atoms with van der Waals surface area (Å²) >= 11 is 0. The van der Waals surface area contributed by atoms with Crippen LogP contribution in [0.4, 0.5) is 0 Å². The maximum Gasteiger partial charge on any atom is 0.281 e. The van der Waals surface area contributed by atoms with Crippen molar-refractivity contribution >= 4 is 26.0 Å². The molecule has 8 nitrogen and oxygen atoms in total. The first kappa shape index (κ1) is 25.6. The van der Waals surface area contributed by atoms with Crippen LogP contribution in [-0.4, -0.2) is 38.2 Å². The van der Waals surface area contributed by atoms with Gasteiger partial charge in [-0.3, -0.25) is 4.79 Å². The summed E-state index contributed by atoms with van der Waals surface area (Å²) in [5, 5.41) is 0. The van der Waals surface area contributed by atoms with Crippen LogP contribution in [0.2, 0.25) is 0 Å². The first-order valence-electron chi connectivity index (χ1n) is 11.1. The van der Waals surface area contributed by atoms with Gasteiger partial charge in [0.05, 0.1) is 22.3 Å². The highest BCUT2D eigenvalue weighted by atomic mass is 32.2. The molecule has 4 rings (SSSR count). The Hall–Kier alpha value is -3.47. The normalized spacial score (nSPS) is 16.8. The monoisotopic (exact) mass is 526 g/mol. The third kappa shape index (κ3) is 4.79. The van der Waals surface area contributed by atoms with E-state index in [1.54, 1.807) is 61.5 Å². The third-order valence-electron chi connectivity index (χ3n) is 5.77. The summed E-state index contributed by atoms with van der Waals surface area (Å²) < 4.78 is 61.5. The van der Waals surface area contributed by atoms with E-state index in [2.05, 4.69) is 6.58 Å². The molecule has 0 aromatic heterocycles. The lowest BCUT2D eigenvalue weighted by Crippen LogP contribution is -2.47. The Kier molecular flexibility index (Phi) is 7.03. The maximum atomic E-state index is 13.9. The number of rotatable bonds is 8. The number of nitrogens with zero attached hydrogens (tertiary/aromatic N) is 2. The minimum Gasteiger partial charge on any atom is -0.490 e. The fourth-order valence-electron chi connectivity index (χ4n) is 3.88. The van der Waals surface area contributed by atoms with Crippen molar-refractivity contribution in [2.75, 3.05) is 6.61 Å². The minimum absolute atomic E-state index is 0.122. The van der Waals surface area contributed by atoms with Gasteiger partial charge in [-0.1, -0.05) is 64.6 Å². The first-order valence-corrected chi connectivity index (χ1v) is 14.0. The van der Waals surface area contributed by atoms with E-state index in [9.17, 15) is 21.6 Å². The minimum atomic E-state index is -4.52. The number of hydrazine groups is 1. The summed E-state index contributed by atoms with van der Waals surface area (Å²) in [5.74, 6) is -0.316. The lowest BCUT2D eigenvalue weighted by molar-refractivity contribution is -0.126. The molecule has 1 amide bonds. The molecule has 0 spiro atoms. The smallest absolute Gasteiger partial charge is 0.281 e. The van der Waals surface area contributed by atoms with Gasteiger partial charge in [-0.2, -0.15) is 8.42 Å². The Bertz CT molecular complexity index is 1480. The largest absolute Gasteiger partial charge is 0.490 e. The zero-order valence-corrected chi connectivity index (χ0v) is 21.5. The number of hydrogen-bond acceptors (Lipinski definition) is 6. The van der Waals surface area contributed by atoms with E-state index in [1.165, 1.54) is 24.3 Å². The maximum absolute atomic E-state index is 13.9. The zero-order valence-electron chi connectivity index (χ0n) is 19.9. The van der Waals surface area contributed by atoms with Crippen molar-refractivity contribution in [3.05, 3.63) is 102 Å². The molecule has 10 heteroatoms. The number of benzene rings is 3. The average Bonchev–Trinajstić information content (AvgIpc) is 3.22. The summed E-state index contributed by atoms with van der Waals surface area (Å²) in [7, 11) is -8.96. The van der Waals surface area contributed by atoms with Crippen LogP contribution < -0.4 is 4.74 Å².